The molecule has 5 nitrogen and oxygen atoms in total. The van der Waals surface area contributed by atoms with Gasteiger partial charge in [-0.15, -0.1) is 0 Å². The van der Waals surface area contributed by atoms with Gasteiger partial charge in [0.1, 0.15) is 11.5 Å². The van der Waals surface area contributed by atoms with Gasteiger partial charge in [-0.2, -0.15) is 0 Å². The van der Waals surface area contributed by atoms with E-state index in [1.54, 1.807) is 47.3 Å². The normalized spacial score (nSPS) is 10.8. The fraction of sp³-hybridized carbons (Fsp3) is 0.176. The van der Waals surface area contributed by atoms with E-state index < -0.39 is 13.7 Å². The molecule has 3 rings (SSSR count). The third kappa shape index (κ3) is 3.89. The van der Waals surface area contributed by atoms with Gasteiger partial charge in [0.2, 0.25) is 19.0 Å². The molecule has 0 radical (unpaired) electrons. The Balaban J connectivity index is 1.98. The van der Waals surface area contributed by atoms with Crippen LogP contribution in [0, 0.1) is 0 Å². The zero-order valence-electron chi connectivity index (χ0n) is 13.3. The van der Waals surface area contributed by atoms with E-state index in [0.717, 1.165) is 0 Å². The Labute approximate surface area is 158 Å². The third-order valence-corrected chi connectivity index (χ3v) is 4.14. The average molecular weight is 400 g/mol. The van der Waals surface area contributed by atoms with E-state index in [0.29, 0.717) is 16.9 Å². The molecule has 136 valence electrons. The summed E-state index contributed by atoms with van der Waals surface area (Å²) in [5, 5.41) is 0.438. The van der Waals surface area contributed by atoms with Crippen molar-refractivity contribution < 1.29 is 18.3 Å². The van der Waals surface area contributed by atoms with Crippen molar-refractivity contribution in [3.05, 3.63) is 64.4 Å². The number of ether oxygens (including phenoxy) is 2. The van der Waals surface area contributed by atoms with Gasteiger partial charge in [0.15, 0.2) is 5.15 Å². The number of aromatic nitrogens is 3. The van der Waals surface area contributed by atoms with E-state index in [2.05, 4.69) is 9.97 Å². The second-order valence-corrected chi connectivity index (χ2v) is 5.80. The van der Waals surface area contributed by atoms with Gasteiger partial charge in [-0.1, -0.05) is 17.7 Å². The molecule has 0 spiro atoms. The number of nitrogens with zero attached hydrogens (tertiary/aromatic N) is 3. The van der Waals surface area contributed by atoms with Crippen molar-refractivity contribution in [1.82, 2.24) is 14.5 Å². The molecule has 1 aromatic carbocycles. The van der Waals surface area contributed by atoms with Gasteiger partial charge in [0, 0.05) is 24.4 Å². The Kier molecular flexibility index (Phi) is 5.90. The molecule has 0 N–H and O–H groups in total. The van der Waals surface area contributed by atoms with Crippen LogP contribution in [0.3, 0.4) is 0 Å². The van der Waals surface area contributed by atoms with Gasteiger partial charge in [-0.3, -0.25) is 4.57 Å². The molecule has 0 unspecified atom stereocenters. The molecule has 9 heteroatoms. The molecular weight excluding hydrogens is 387 g/mol. The van der Waals surface area contributed by atoms with Crippen molar-refractivity contribution in [1.29, 1.82) is 0 Å². The van der Waals surface area contributed by atoms with Gasteiger partial charge in [-0.05, 0) is 35.9 Å². The Morgan fingerprint density at radius 2 is 1.69 bits per heavy atom. The van der Waals surface area contributed by atoms with Gasteiger partial charge in [0.25, 0.3) is 0 Å². The molecule has 3 aromatic rings. The summed E-state index contributed by atoms with van der Waals surface area (Å²) < 4.78 is 36.8. The summed E-state index contributed by atoms with van der Waals surface area (Å²) in [5.74, 6) is 0.479. The highest BCUT2D eigenvalue weighted by molar-refractivity contribution is 6.32. The Hall–Kier alpha value is -2.38. The molecule has 0 amide bonds. The monoisotopic (exact) mass is 399 g/mol. The second-order valence-electron chi connectivity index (χ2n) is 5.10. The van der Waals surface area contributed by atoms with Crippen LogP contribution in [0.25, 0.3) is 5.69 Å². The van der Waals surface area contributed by atoms with Crippen LogP contribution in [0.5, 0.6) is 11.5 Å². The number of hydrogen-bond acceptors (Lipinski definition) is 4. The van der Waals surface area contributed by atoms with Crippen molar-refractivity contribution in [3.63, 3.8) is 0 Å². The first-order chi connectivity index (χ1) is 12.6. The fourth-order valence-corrected chi connectivity index (χ4v) is 2.96. The largest absolute Gasteiger partial charge is 0.462 e. The first-order valence-corrected chi connectivity index (χ1v) is 8.23. The molecule has 0 saturated heterocycles. The van der Waals surface area contributed by atoms with Crippen LogP contribution < -0.4 is 9.47 Å². The topological polar surface area (TPSA) is 49.2 Å². The van der Waals surface area contributed by atoms with Crippen molar-refractivity contribution in [3.8, 4) is 17.2 Å². The Morgan fingerprint density at radius 3 is 2.31 bits per heavy atom. The summed E-state index contributed by atoms with van der Waals surface area (Å²) >= 11 is 12.3. The lowest BCUT2D eigenvalue weighted by Crippen LogP contribution is -2.02. The molecule has 0 bridgehead atoms. The number of imidazole rings is 1. The summed E-state index contributed by atoms with van der Waals surface area (Å²) in [6.07, 6.45) is 3.41. The summed E-state index contributed by atoms with van der Waals surface area (Å²) in [4.78, 5) is 8.27. The van der Waals surface area contributed by atoms with Crippen LogP contribution in [0.15, 0.2) is 42.7 Å². The molecule has 2 heterocycles. The average Bonchev–Trinajstić information content (AvgIpc) is 2.99. The first kappa shape index (κ1) is 18.4. The number of halogens is 4. The summed E-state index contributed by atoms with van der Waals surface area (Å²) in [7, 11) is 0. The standard InChI is InChI=1S/C17H13Cl2F2N3O2/c18-16-13(3-2-6-22-16)24-8-11(23-17(24)19)7-12-14(25-9-20)4-1-5-15(12)26-10-21/h1-6,8H,7,9-10H2. The lowest BCUT2D eigenvalue weighted by atomic mass is 10.1. The van der Waals surface area contributed by atoms with E-state index in [4.69, 9.17) is 32.7 Å². The van der Waals surface area contributed by atoms with Crippen LogP contribution in [0.1, 0.15) is 11.3 Å². The summed E-state index contributed by atoms with van der Waals surface area (Å²) in [6, 6.07) is 8.17. The summed E-state index contributed by atoms with van der Waals surface area (Å²) in [5.41, 5.74) is 1.56. The highest BCUT2D eigenvalue weighted by atomic mass is 35.5. The molecule has 0 aliphatic carbocycles. The third-order valence-electron chi connectivity index (χ3n) is 3.58. The lowest BCUT2D eigenvalue weighted by Gasteiger charge is -2.12. The van der Waals surface area contributed by atoms with E-state index in [-0.39, 0.29) is 28.4 Å². The van der Waals surface area contributed by atoms with Crippen molar-refractivity contribution in [2.24, 2.45) is 0 Å². The number of alkyl halides is 2. The van der Waals surface area contributed by atoms with Gasteiger partial charge in [-0.25, -0.2) is 18.7 Å². The maximum Gasteiger partial charge on any atom is 0.228 e. The smallest absolute Gasteiger partial charge is 0.228 e. The molecule has 0 saturated carbocycles. The highest BCUT2D eigenvalue weighted by Gasteiger charge is 2.16. The minimum absolute atomic E-state index is 0.173. The number of benzene rings is 1. The van der Waals surface area contributed by atoms with E-state index in [1.165, 1.54) is 0 Å². The van der Waals surface area contributed by atoms with E-state index >= 15 is 0 Å². The predicted molar refractivity (Wildman–Crippen MR) is 93.8 cm³/mol. The maximum absolute atomic E-state index is 12.6. The van der Waals surface area contributed by atoms with Crippen molar-refractivity contribution in [2.45, 2.75) is 6.42 Å². The zero-order valence-corrected chi connectivity index (χ0v) is 14.8. The predicted octanol–water partition coefficient (Wildman–Crippen LogP) is 4.78. The zero-order chi connectivity index (χ0) is 18.5. The number of rotatable bonds is 7. The van der Waals surface area contributed by atoms with Gasteiger partial charge in [0.05, 0.1) is 11.4 Å². The second kappa shape index (κ2) is 8.33. The van der Waals surface area contributed by atoms with Crippen molar-refractivity contribution in [2.75, 3.05) is 13.7 Å². The quantitative estimate of drug-likeness (QED) is 0.536. The lowest BCUT2D eigenvalue weighted by molar-refractivity contribution is 0.179. The summed E-state index contributed by atoms with van der Waals surface area (Å²) in [6.45, 7) is -2.04. The van der Waals surface area contributed by atoms with Crippen LogP contribution in [0.4, 0.5) is 8.78 Å². The number of pyridine rings is 1. The molecule has 0 aliphatic rings. The molecule has 26 heavy (non-hydrogen) atoms. The van der Waals surface area contributed by atoms with E-state index in [9.17, 15) is 8.78 Å². The fourth-order valence-electron chi connectivity index (χ4n) is 2.50. The molecule has 0 atom stereocenters. The van der Waals surface area contributed by atoms with E-state index in [1.807, 2.05) is 0 Å². The highest BCUT2D eigenvalue weighted by Crippen LogP contribution is 2.32. The Bertz CT molecular complexity index is 881. The number of hydrogen-bond donors (Lipinski definition) is 0. The Morgan fingerprint density at radius 1 is 1.00 bits per heavy atom. The van der Waals surface area contributed by atoms with Crippen LogP contribution >= 0.6 is 23.2 Å². The van der Waals surface area contributed by atoms with Gasteiger partial charge < -0.3 is 9.47 Å². The van der Waals surface area contributed by atoms with Crippen molar-refractivity contribution >= 4 is 23.2 Å². The molecular formula is C17H13Cl2F2N3O2. The molecule has 0 aliphatic heterocycles. The minimum atomic E-state index is -1.02. The van der Waals surface area contributed by atoms with Crippen LogP contribution in [0.2, 0.25) is 10.4 Å². The first-order valence-electron chi connectivity index (χ1n) is 7.48. The minimum Gasteiger partial charge on any atom is -0.462 e. The molecule has 0 fully saturated rings. The molecule has 2 aromatic heterocycles. The van der Waals surface area contributed by atoms with Crippen LogP contribution in [-0.2, 0) is 6.42 Å². The van der Waals surface area contributed by atoms with Gasteiger partial charge >= 0.3 is 0 Å². The van der Waals surface area contributed by atoms with Crippen LogP contribution in [-0.4, -0.2) is 28.3 Å². The maximum atomic E-state index is 12.6. The SMILES string of the molecule is FCOc1cccc(OCF)c1Cc1cn(-c2cccnc2Cl)c(Cl)n1.